The highest BCUT2D eigenvalue weighted by molar-refractivity contribution is 14.0. The van der Waals surface area contributed by atoms with Crippen molar-refractivity contribution in [2.24, 2.45) is 10.7 Å². The van der Waals surface area contributed by atoms with Crippen LogP contribution in [0.1, 0.15) is 37.4 Å². The Balaban J connectivity index is 0.00000225. The number of halogens is 2. The van der Waals surface area contributed by atoms with Crippen molar-refractivity contribution in [2.75, 3.05) is 12.4 Å². The molecule has 25 heavy (non-hydrogen) atoms. The van der Waals surface area contributed by atoms with Crippen molar-refractivity contribution in [2.45, 2.75) is 38.3 Å². The highest BCUT2D eigenvalue weighted by Crippen LogP contribution is 2.29. The molecule has 0 radical (unpaired) electrons. The highest BCUT2D eigenvalue weighted by Gasteiger charge is 2.17. The Bertz CT molecular complexity index is 728. The van der Waals surface area contributed by atoms with E-state index in [0.717, 1.165) is 11.4 Å². The molecule has 136 valence electrons. The Hall–Kier alpha value is -1.48. The van der Waals surface area contributed by atoms with Gasteiger partial charge in [-0.1, -0.05) is 24.4 Å². The van der Waals surface area contributed by atoms with E-state index in [1.807, 2.05) is 18.3 Å². The van der Waals surface area contributed by atoms with Gasteiger partial charge in [0, 0.05) is 11.9 Å². The molecule has 3 rings (SSSR count). The number of aliphatic imine (C=N–C) groups is 1. The molecule has 6 nitrogen and oxygen atoms in total. The number of nitrogens with two attached hydrogens (primary N) is 1. The normalized spacial score (nSPS) is 15.0. The predicted molar refractivity (Wildman–Crippen MR) is 112 cm³/mol. The van der Waals surface area contributed by atoms with Gasteiger partial charge in [-0.05, 0) is 37.1 Å². The van der Waals surface area contributed by atoms with Crippen LogP contribution in [-0.4, -0.2) is 22.8 Å². The van der Waals surface area contributed by atoms with E-state index in [0.29, 0.717) is 29.3 Å². The Morgan fingerprint density at radius 1 is 1.40 bits per heavy atom. The van der Waals surface area contributed by atoms with Crippen LogP contribution in [0.4, 0.5) is 5.69 Å². The van der Waals surface area contributed by atoms with Crippen molar-refractivity contribution in [1.82, 2.24) is 9.78 Å². The van der Waals surface area contributed by atoms with Gasteiger partial charge in [0.05, 0.1) is 30.4 Å². The fraction of sp³-hybridized carbons (Fsp3) is 0.412. The number of methoxy groups -OCH3 is 1. The average Bonchev–Trinajstić information content (AvgIpc) is 3.24. The lowest BCUT2D eigenvalue weighted by molar-refractivity contribution is 0.415. The van der Waals surface area contributed by atoms with Crippen molar-refractivity contribution in [3.63, 3.8) is 0 Å². The zero-order valence-electron chi connectivity index (χ0n) is 14.1. The zero-order chi connectivity index (χ0) is 16.9. The Kier molecular flexibility index (Phi) is 7.37. The molecular weight excluding hydrogens is 453 g/mol. The quantitative estimate of drug-likeness (QED) is 0.386. The van der Waals surface area contributed by atoms with Crippen molar-refractivity contribution in [3.05, 3.63) is 41.2 Å². The molecule has 0 saturated heterocycles. The van der Waals surface area contributed by atoms with Crippen molar-refractivity contribution in [1.29, 1.82) is 0 Å². The number of hydrogen-bond acceptors (Lipinski definition) is 3. The molecule has 0 unspecified atom stereocenters. The van der Waals surface area contributed by atoms with Crippen LogP contribution >= 0.6 is 35.6 Å². The molecule has 1 aromatic heterocycles. The summed E-state index contributed by atoms with van der Waals surface area (Å²) in [5.41, 5.74) is 7.61. The van der Waals surface area contributed by atoms with Gasteiger partial charge < -0.3 is 15.8 Å². The molecule has 0 bridgehead atoms. The number of hydrogen-bond donors (Lipinski definition) is 2. The van der Waals surface area contributed by atoms with Crippen molar-refractivity contribution >= 4 is 47.2 Å². The first kappa shape index (κ1) is 19.8. The number of aromatic nitrogens is 2. The summed E-state index contributed by atoms with van der Waals surface area (Å²) in [6, 6.07) is 7.90. The maximum atomic E-state index is 6.09. The first-order valence-corrected chi connectivity index (χ1v) is 8.48. The smallest absolute Gasteiger partial charge is 0.193 e. The van der Waals surface area contributed by atoms with E-state index in [4.69, 9.17) is 22.1 Å². The predicted octanol–water partition coefficient (Wildman–Crippen LogP) is 4.21. The van der Waals surface area contributed by atoms with E-state index in [2.05, 4.69) is 20.1 Å². The van der Waals surface area contributed by atoms with Gasteiger partial charge >= 0.3 is 0 Å². The number of guanidine groups is 1. The first-order valence-electron chi connectivity index (χ1n) is 8.10. The highest BCUT2D eigenvalue weighted by atomic mass is 127. The minimum absolute atomic E-state index is 0. The van der Waals surface area contributed by atoms with Crippen molar-refractivity contribution < 1.29 is 4.74 Å². The number of ether oxygens (including phenoxy) is 1. The average molecular weight is 476 g/mol. The molecule has 2 aromatic rings. The molecule has 1 fully saturated rings. The number of anilines is 1. The minimum atomic E-state index is 0. The molecule has 1 aliphatic carbocycles. The fourth-order valence-corrected chi connectivity index (χ4v) is 3.19. The van der Waals surface area contributed by atoms with Gasteiger partial charge in [-0.3, -0.25) is 4.68 Å². The molecule has 3 N–H and O–H groups in total. The Labute approximate surface area is 169 Å². The summed E-state index contributed by atoms with van der Waals surface area (Å²) in [7, 11) is 1.58. The minimum Gasteiger partial charge on any atom is -0.495 e. The van der Waals surface area contributed by atoms with E-state index in [9.17, 15) is 0 Å². The lowest BCUT2D eigenvalue weighted by Crippen LogP contribution is -2.22. The maximum absolute atomic E-state index is 6.09. The van der Waals surface area contributed by atoms with Crippen LogP contribution in [0.3, 0.4) is 0 Å². The van der Waals surface area contributed by atoms with Crippen LogP contribution in [0.2, 0.25) is 5.02 Å². The van der Waals surface area contributed by atoms with Gasteiger partial charge in [-0.25, -0.2) is 4.99 Å². The van der Waals surface area contributed by atoms with Crippen LogP contribution in [0.15, 0.2) is 35.5 Å². The molecule has 0 spiro atoms. The van der Waals surface area contributed by atoms with Crippen LogP contribution < -0.4 is 15.8 Å². The third-order valence-electron chi connectivity index (χ3n) is 4.20. The fourth-order valence-electron chi connectivity index (χ4n) is 2.93. The van der Waals surface area contributed by atoms with Crippen LogP contribution in [0.5, 0.6) is 5.75 Å². The molecule has 1 saturated carbocycles. The van der Waals surface area contributed by atoms with Gasteiger partial charge in [0.25, 0.3) is 0 Å². The first-order chi connectivity index (χ1) is 11.7. The number of nitrogens with zero attached hydrogens (tertiary/aromatic N) is 3. The van der Waals surface area contributed by atoms with E-state index in [1.54, 1.807) is 19.2 Å². The maximum Gasteiger partial charge on any atom is 0.193 e. The molecule has 0 atom stereocenters. The van der Waals surface area contributed by atoms with E-state index in [-0.39, 0.29) is 24.0 Å². The molecule has 0 aliphatic heterocycles. The van der Waals surface area contributed by atoms with Gasteiger partial charge in [0.15, 0.2) is 5.96 Å². The number of nitrogens with one attached hydrogen (secondary N) is 1. The Morgan fingerprint density at radius 3 is 2.84 bits per heavy atom. The second-order valence-corrected chi connectivity index (χ2v) is 6.31. The lowest BCUT2D eigenvalue weighted by Gasteiger charge is -2.09. The number of benzene rings is 1. The third-order valence-corrected chi connectivity index (χ3v) is 4.49. The number of rotatable bonds is 5. The van der Waals surface area contributed by atoms with Gasteiger partial charge in [0.1, 0.15) is 5.75 Å². The second kappa shape index (κ2) is 9.28. The third kappa shape index (κ3) is 5.24. The van der Waals surface area contributed by atoms with Crippen LogP contribution in [-0.2, 0) is 6.54 Å². The largest absolute Gasteiger partial charge is 0.495 e. The van der Waals surface area contributed by atoms with Gasteiger partial charge in [0.2, 0.25) is 0 Å². The molecular formula is C17H23ClIN5O. The topological polar surface area (TPSA) is 77.5 Å². The van der Waals surface area contributed by atoms with Crippen LogP contribution in [0.25, 0.3) is 0 Å². The van der Waals surface area contributed by atoms with E-state index < -0.39 is 0 Å². The van der Waals surface area contributed by atoms with Crippen molar-refractivity contribution in [3.8, 4) is 5.75 Å². The summed E-state index contributed by atoms with van der Waals surface area (Å²) in [6.07, 6.45) is 7.05. The summed E-state index contributed by atoms with van der Waals surface area (Å²) < 4.78 is 7.18. The molecule has 8 heteroatoms. The molecule has 1 aliphatic rings. The SMILES string of the molecule is COc1ccc(NC(N)=NCc2ccn(C3CCCC3)n2)cc1Cl.I. The summed E-state index contributed by atoms with van der Waals surface area (Å²) in [5, 5.41) is 8.14. The van der Waals surface area contributed by atoms with Gasteiger partial charge in [-0.15, -0.1) is 24.0 Å². The second-order valence-electron chi connectivity index (χ2n) is 5.90. The molecule has 0 amide bonds. The lowest BCUT2D eigenvalue weighted by atomic mass is 10.3. The molecule has 1 heterocycles. The van der Waals surface area contributed by atoms with Gasteiger partial charge in [-0.2, -0.15) is 5.10 Å². The molecule has 1 aromatic carbocycles. The monoisotopic (exact) mass is 475 g/mol. The summed E-state index contributed by atoms with van der Waals surface area (Å²) in [4.78, 5) is 4.34. The summed E-state index contributed by atoms with van der Waals surface area (Å²) in [5.74, 6) is 0.946. The van der Waals surface area contributed by atoms with E-state index >= 15 is 0 Å². The Morgan fingerprint density at radius 2 is 2.16 bits per heavy atom. The summed E-state index contributed by atoms with van der Waals surface area (Å²) in [6.45, 7) is 0.447. The zero-order valence-corrected chi connectivity index (χ0v) is 17.2. The van der Waals surface area contributed by atoms with E-state index in [1.165, 1.54) is 25.7 Å². The van der Waals surface area contributed by atoms with Crippen LogP contribution in [0, 0.1) is 0 Å². The standard InChI is InChI=1S/C17H22ClN5O.HI/c1-24-16-7-6-12(10-15(16)18)21-17(19)20-11-13-8-9-23(22-13)14-4-2-3-5-14;/h6-10,14H,2-5,11H2,1H3,(H3,19,20,21);1H. The summed E-state index contributed by atoms with van der Waals surface area (Å²) >= 11 is 6.09.